The monoisotopic (exact) mass is 363 g/mol. The number of benzene rings is 1. The zero-order valence-electron chi connectivity index (χ0n) is 14.5. The van der Waals surface area contributed by atoms with Crippen molar-refractivity contribution in [1.82, 2.24) is 20.0 Å². The third-order valence-electron chi connectivity index (χ3n) is 4.55. The number of ether oxygens (including phenoxy) is 1. The van der Waals surface area contributed by atoms with Crippen molar-refractivity contribution >= 4 is 16.9 Å². The van der Waals surface area contributed by atoms with Crippen LogP contribution in [-0.4, -0.2) is 45.1 Å². The van der Waals surface area contributed by atoms with Crippen molar-refractivity contribution in [2.75, 3.05) is 13.1 Å². The maximum atomic E-state index is 12.7. The molecule has 1 amide bonds. The molecule has 0 N–H and O–H groups in total. The minimum atomic E-state index is -0.222. The molecular formula is C19H17N5O3. The topological polar surface area (TPSA) is 105 Å². The van der Waals surface area contributed by atoms with Gasteiger partial charge in [-0.15, -0.1) is 0 Å². The summed E-state index contributed by atoms with van der Waals surface area (Å²) in [5.41, 5.74) is 1.46. The highest BCUT2D eigenvalue weighted by atomic mass is 16.5. The van der Waals surface area contributed by atoms with Crippen LogP contribution in [0.3, 0.4) is 0 Å². The Balaban J connectivity index is 1.43. The Labute approximate surface area is 155 Å². The summed E-state index contributed by atoms with van der Waals surface area (Å²) in [5.74, 6) is 0.184. The molecule has 3 heterocycles. The Bertz CT molecular complexity index is 1010. The van der Waals surface area contributed by atoms with Gasteiger partial charge in [0.05, 0.1) is 13.0 Å². The van der Waals surface area contributed by atoms with Crippen molar-refractivity contribution in [1.29, 1.82) is 5.26 Å². The van der Waals surface area contributed by atoms with Gasteiger partial charge in [-0.25, -0.2) is 9.97 Å². The number of para-hydroxylation sites is 1. The number of carbonyl (C=O) groups excluding carboxylic acids is 1. The van der Waals surface area contributed by atoms with E-state index >= 15 is 0 Å². The summed E-state index contributed by atoms with van der Waals surface area (Å²) in [5, 5.41) is 14.0. The Morgan fingerprint density at radius 3 is 3.07 bits per heavy atom. The summed E-state index contributed by atoms with van der Waals surface area (Å²) in [7, 11) is 0. The highest BCUT2D eigenvalue weighted by molar-refractivity contribution is 5.86. The normalized spacial score (nSPS) is 16.9. The molecule has 1 saturated heterocycles. The molecule has 0 radical (unpaired) electrons. The molecule has 0 saturated carbocycles. The van der Waals surface area contributed by atoms with E-state index in [1.54, 1.807) is 4.90 Å². The van der Waals surface area contributed by atoms with E-state index in [0.717, 1.165) is 18.2 Å². The van der Waals surface area contributed by atoms with Gasteiger partial charge in [-0.1, -0.05) is 17.3 Å². The first kappa shape index (κ1) is 17.0. The van der Waals surface area contributed by atoms with Gasteiger partial charge >= 0.3 is 0 Å². The van der Waals surface area contributed by atoms with E-state index in [1.165, 1.54) is 12.4 Å². The van der Waals surface area contributed by atoms with E-state index in [1.807, 2.05) is 30.3 Å². The van der Waals surface area contributed by atoms with E-state index in [2.05, 4.69) is 15.1 Å². The van der Waals surface area contributed by atoms with E-state index in [9.17, 15) is 4.79 Å². The summed E-state index contributed by atoms with van der Waals surface area (Å²) >= 11 is 0. The van der Waals surface area contributed by atoms with Crippen molar-refractivity contribution in [2.45, 2.75) is 25.4 Å². The van der Waals surface area contributed by atoms with Crippen LogP contribution in [0, 0.1) is 11.3 Å². The van der Waals surface area contributed by atoms with Crippen molar-refractivity contribution in [2.24, 2.45) is 0 Å². The van der Waals surface area contributed by atoms with Gasteiger partial charge in [0.15, 0.2) is 5.58 Å². The lowest BCUT2D eigenvalue weighted by molar-refractivity contribution is -0.133. The fourth-order valence-electron chi connectivity index (χ4n) is 3.23. The molecule has 0 bridgehead atoms. The lowest BCUT2D eigenvalue weighted by Gasteiger charge is -2.32. The largest absolute Gasteiger partial charge is 0.470 e. The van der Waals surface area contributed by atoms with Gasteiger partial charge in [0.2, 0.25) is 11.6 Å². The van der Waals surface area contributed by atoms with Gasteiger partial charge in [0.25, 0.3) is 5.88 Å². The maximum Gasteiger partial charge on any atom is 0.251 e. The number of nitrogens with zero attached hydrogens (tertiary/aromatic N) is 5. The lowest BCUT2D eigenvalue weighted by atomic mass is 10.1. The number of rotatable bonds is 4. The molecule has 8 heteroatoms. The number of fused-ring (bicyclic) bond motifs is 1. The molecule has 2 aromatic heterocycles. The zero-order chi connectivity index (χ0) is 18.6. The highest BCUT2D eigenvalue weighted by Gasteiger charge is 2.27. The number of hydrogen-bond donors (Lipinski definition) is 0. The zero-order valence-corrected chi connectivity index (χ0v) is 14.5. The van der Waals surface area contributed by atoms with Gasteiger partial charge in [-0.3, -0.25) is 4.79 Å². The predicted molar refractivity (Wildman–Crippen MR) is 94.7 cm³/mol. The average Bonchev–Trinajstić information content (AvgIpc) is 3.11. The number of aromatic nitrogens is 3. The molecule has 3 aromatic rings. The van der Waals surface area contributed by atoms with Crippen molar-refractivity contribution in [3.63, 3.8) is 0 Å². The summed E-state index contributed by atoms with van der Waals surface area (Å²) in [6.07, 6.45) is 4.50. The predicted octanol–water partition coefficient (Wildman–Crippen LogP) is 2.10. The fourth-order valence-corrected chi connectivity index (χ4v) is 3.23. The first-order valence-electron chi connectivity index (χ1n) is 8.73. The van der Waals surface area contributed by atoms with Crippen molar-refractivity contribution in [3.05, 3.63) is 48.0 Å². The SMILES string of the molecule is N#Cc1nccnc1O[C@H]1CCCN(C(=O)Cc2noc3ccccc23)C1. The maximum absolute atomic E-state index is 12.7. The van der Waals surface area contributed by atoms with Crippen LogP contribution in [0.4, 0.5) is 0 Å². The molecule has 0 spiro atoms. The van der Waals surface area contributed by atoms with Crippen molar-refractivity contribution < 1.29 is 14.1 Å². The molecule has 136 valence electrons. The fraction of sp³-hybridized carbons (Fsp3) is 0.316. The van der Waals surface area contributed by atoms with E-state index in [4.69, 9.17) is 14.5 Å². The standard InChI is InChI=1S/C19H17N5O3/c20-11-16-19(22-8-7-21-16)26-13-4-3-9-24(12-13)18(25)10-15-14-5-1-2-6-17(14)27-23-15/h1-2,5-8,13H,3-4,9-10,12H2/t13-/m0/s1. The third-order valence-corrected chi connectivity index (χ3v) is 4.55. The van der Waals surface area contributed by atoms with Crippen LogP contribution in [-0.2, 0) is 11.2 Å². The van der Waals surface area contributed by atoms with Crippen LogP contribution in [0.2, 0.25) is 0 Å². The van der Waals surface area contributed by atoms with Gasteiger partial charge in [0.1, 0.15) is 17.9 Å². The molecule has 0 aliphatic carbocycles. The van der Waals surface area contributed by atoms with Crippen LogP contribution < -0.4 is 4.74 Å². The summed E-state index contributed by atoms with van der Waals surface area (Å²) in [4.78, 5) is 22.5. The highest BCUT2D eigenvalue weighted by Crippen LogP contribution is 2.21. The summed E-state index contributed by atoms with van der Waals surface area (Å²) < 4.78 is 11.1. The lowest BCUT2D eigenvalue weighted by Crippen LogP contribution is -2.45. The molecule has 0 unspecified atom stereocenters. The van der Waals surface area contributed by atoms with Crippen LogP contribution in [0.5, 0.6) is 5.88 Å². The van der Waals surface area contributed by atoms with Gasteiger partial charge in [-0.2, -0.15) is 5.26 Å². The third kappa shape index (κ3) is 3.58. The van der Waals surface area contributed by atoms with Crippen molar-refractivity contribution in [3.8, 4) is 11.9 Å². The second-order valence-corrected chi connectivity index (χ2v) is 6.35. The number of amides is 1. The van der Waals surface area contributed by atoms with Crippen LogP contribution in [0.15, 0.2) is 41.2 Å². The average molecular weight is 363 g/mol. The molecule has 8 nitrogen and oxygen atoms in total. The number of piperidine rings is 1. The van der Waals surface area contributed by atoms with E-state index in [0.29, 0.717) is 24.4 Å². The number of hydrogen-bond acceptors (Lipinski definition) is 7. The smallest absolute Gasteiger partial charge is 0.251 e. The molecule has 1 aromatic carbocycles. The Hall–Kier alpha value is -3.47. The summed E-state index contributed by atoms with van der Waals surface area (Å²) in [6.45, 7) is 1.11. The second-order valence-electron chi connectivity index (χ2n) is 6.35. The minimum absolute atomic E-state index is 0.0259. The van der Waals surface area contributed by atoms with Gasteiger partial charge in [-0.05, 0) is 25.0 Å². The van der Waals surface area contributed by atoms with Gasteiger partial charge in [0, 0.05) is 24.3 Å². The van der Waals surface area contributed by atoms with Crippen LogP contribution in [0.25, 0.3) is 11.0 Å². The number of nitriles is 1. The molecule has 1 fully saturated rings. The second kappa shape index (κ2) is 7.41. The van der Waals surface area contributed by atoms with Gasteiger partial charge < -0.3 is 14.2 Å². The number of carbonyl (C=O) groups is 1. The Morgan fingerprint density at radius 1 is 1.33 bits per heavy atom. The molecule has 27 heavy (non-hydrogen) atoms. The summed E-state index contributed by atoms with van der Waals surface area (Å²) in [6, 6.07) is 9.46. The van der Waals surface area contributed by atoms with Crippen LogP contribution >= 0.6 is 0 Å². The first-order valence-corrected chi connectivity index (χ1v) is 8.73. The minimum Gasteiger partial charge on any atom is -0.470 e. The Kier molecular flexibility index (Phi) is 4.66. The van der Waals surface area contributed by atoms with E-state index < -0.39 is 0 Å². The molecule has 1 aliphatic heterocycles. The molecule has 1 atom stereocenters. The molecule has 1 aliphatic rings. The quantitative estimate of drug-likeness (QED) is 0.699. The Morgan fingerprint density at radius 2 is 2.19 bits per heavy atom. The van der Waals surface area contributed by atoms with E-state index in [-0.39, 0.29) is 30.0 Å². The van der Waals surface area contributed by atoms with Crippen LogP contribution in [0.1, 0.15) is 24.2 Å². The molecular weight excluding hydrogens is 346 g/mol. The molecule has 4 rings (SSSR count). The number of likely N-dealkylation sites (tertiary alicyclic amines) is 1. The first-order chi connectivity index (χ1) is 13.2.